The Bertz CT molecular complexity index is 733. The number of carbonyl (C=O) groups is 1. The first-order valence-electron chi connectivity index (χ1n) is 7.47. The Hall–Kier alpha value is -1.55. The largest absolute Gasteiger partial charge is 0.370 e. The molecule has 1 atom stereocenters. The van der Waals surface area contributed by atoms with Crippen molar-refractivity contribution in [3.8, 4) is 0 Å². The highest BCUT2D eigenvalue weighted by Gasteiger charge is 2.27. The highest BCUT2D eigenvalue weighted by atomic mass is 35.5. The van der Waals surface area contributed by atoms with Crippen LogP contribution in [0.4, 0.5) is 0 Å². The van der Waals surface area contributed by atoms with E-state index in [1.54, 1.807) is 12.1 Å². The number of hydrogen-bond acceptors (Lipinski definition) is 2. The zero-order valence-corrected chi connectivity index (χ0v) is 14.3. The van der Waals surface area contributed by atoms with Crippen molar-refractivity contribution in [3.05, 3.63) is 69.2 Å². The van der Waals surface area contributed by atoms with E-state index >= 15 is 0 Å². The standard InChI is InChI=1S/C18H17Cl2NO2/c1-12-4-2-3-5-14(12)18(22)21-8-9-23-17(11-21)13-6-7-15(19)16(20)10-13/h2-7,10,17H,8-9,11H2,1H3/t17-/m0/s1. The van der Waals surface area contributed by atoms with Crippen LogP contribution in [0.3, 0.4) is 0 Å². The van der Waals surface area contributed by atoms with Gasteiger partial charge in [0.25, 0.3) is 5.91 Å². The minimum Gasteiger partial charge on any atom is -0.370 e. The second-order valence-corrected chi connectivity index (χ2v) is 6.41. The molecule has 5 heteroatoms. The minimum atomic E-state index is -0.188. The molecule has 0 N–H and O–H groups in total. The first-order valence-corrected chi connectivity index (χ1v) is 8.23. The van der Waals surface area contributed by atoms with E-state index < -0.39 is 0 Å². The number of rotatable bonds is 2. The maximum Gasteiger partial charge on any atom is 0.254 e. The van der Waals surface area contributed by atoms with E-state index in [1.165, 1.54) is 0 Å². The lowest BCUT2D eigenvalue weighted by molar-refractivity contribution is -0.0228. The molecule has 1 aliphatic rings. The monoisotopic (exact) mass is 349 g/mol. The quantitative estimate of drug-likeness (QED) is 0.797. The lowest BCUT2D eigenvalue weighted by Crippen LogP contribution is -2.42. The van der Waals surface area contributed by atoms with Gasteiger partial charge >= 0.3 is 0 Å². The Balaban J connectivity index is 1.79. The van der Waals surface area contributed by atoms with Gasteiger partial charge in [0.05, 0.1) is 23.2 Å². The fourth-order valence-corrected chi connectivity index (χ4v) is 3.04. The summed E-state index contributed by atoms with van der Waals surface area (Å²) < 4.78 is 5.81. The molecule has 1 heterocycles. The van der Waals surface area contributed by atoms with Gasteiger partial charge in [-0.05, 0) is 36.2 Å². The van der Waals surface area contributed by atoms with Crippen LogP contribution in [0.5, 0.6) is 0 Å². The van der Waals surface area contributed by atoms with Gasteiger partial charge in [-0.2, -0.15) is 0 Å². The van der Waals surface area contributed by atoms with Gasteiger partial charge in [-0.3, -0.25) is 4.79 Å². The Morgan fingerprint density at radius 2 is 1.96 bits per heavy atom. The van der Waals surface area contributed by atoms with Crippen molar-refractivity contribution in [2.24, 2.45) is 0 Å². The highest BCUT2D eigenvalue weighted by molar-refractivity contribution is 6.42. The highest BCUT2D eigenvalue weighted by Crippen LogP contribution is 2.29. The number of ether oxygens (including phenoxy) is 1. The van der Waals surface area contributed by atoms with Crippen molar-refractivity contribution in [1.82, 2.24) is 4.90 Å². The number of carbonyl (C=O) groups excluding carboxylic acids is 1. The lowest BCUT2D eigenvalue weighted by Gasteiger charge is -2.33. The smallest absolute Gasteiger partial charge is 0.254 e. The second-order valence-electron chi connectivity index (χ2n) is 5.60. The molecule has 0 radical (unpaired) electrons. The fourth-order valence-electron chi connectivity index (χ4n) is 2.73. The summed E-state index contributed by atoms with van der Waals surface area (Å²) in [5.74, 6) is 0.0384. The van der Waals surface area contributed by atoms with Crippen LogP contribution in [0.25, 0.3) is 0 Å². The molecule has 0 unspecified atom stereocenters. The Morgan fingerprint density at radius 3 is 2.70 bits per heavy atom. The van der Waals surface area contributed by atoms with E-state index in [-0.39, 0.29) is 12.0 Å². The van der Waals surface area contributed by atoms with Crippen LogP contribution in [0.15, 0.2) is 42.5 Å². The number of benzene rings is 2. The molecule has 0 aromatic heterocycles. The van der Waals surface area contributed by atoms with Gasteiger partial charge in [-0.1, -0.05) is 47.5 Å². The molecule has 1 fully saturated rings. The third kappa shape index (κ3) is 3.52. The molecule has 120 valence electrons. The predicted octanol–water partition coefficient (Wildman–Crippen LogP) is 4.52. The van der Waals surface area contributed by atoms with Gasteiger partial charge in [0.15, 0.2) is 0 Å². The third-order valence-electron chi connectivity index (χ3n) is 4.04. The van der Waals surface area contributed by atoms with E-state index in [9.17, 15) is 4.79 Å². The molecule has 3 rings (SSSR count). The number of hydrogen-bond donors (Lipinski definition) is 0. The normalized spacial score (nSPS) is 18.0. The lowest BCUT2D eigenvalue weighted by atomic mass is 10.0. The SMILES string of the molecule is Cc1ccccc1C(=O)N1CCO[C@H](c2ccc(Cl)c(Cl)c2)C1. The molecule has 2 aromatic rings. The zero-order chi connectivity index (χ0) is 16.4. The molecule has 23 heavy (non-hydrogen) atoms. The molecule has 1 amide bonds. The molecule has 0 bridgehead atoms. The van der Waals surface area contributed by atoms with Crippen molar-refractivity contribution >= 4 is 29.1 Å². The summed E-state index contributed by atoms with van der Waals surface area (Å²) in [6.45, 7) is 3.54. The summed E-state index contributed by atoms with van der Waals surface area (Å²) in [7, 11) is 0. The van der Waals surface area contributed by atoms with Crippen LogP contribution in [-0.2, 0) is 4.74 Å². The molecule has 1 aliphatic heterocycles. The van der Waals surface area contributed by atoms with Crippen molar-refractivity contribution in [3.63, 3.8) is 0 Å². The predicted molar refractivity (Wildman–Crippen MR) is 92.2 cm³/mol. The molecular weight excluding hydrogens is 333 g/mol. The number of amides is 1. The van der Waals surface area contributed by atoms with Crippen molar-refractivity contribution < 1.29 is 9.53 Å². The van der Waals surface area contributed by atoms with Gasteiger partial charge in [0.2, 0.25) is 0 Å². The molecule has 0 saturated carbocycles. The number of morpholine rings is 1. The summed E-state index contributed by atoms with van der Waals surface area (Å²) >= 11 is 12.0. The van der Waals surface area contributed by atoms with E-state index in [4.69, 9.17) is 27.9 Å². The van der Waals surface area contributed by atoms with Crippen molar-refractivity contribution in [2.45, 2.75) is 13.0 Å². The third-order valence-corrected chi connectivity index (χ3v) is 4.78. The molecule has 3 nitrogen and oxygen atoms in total. The summed E-state index contributed by atoms with van der Waals surface area (Å²) in [4.78, 5) is 14.6. The van der Waals surface area contributed by atoms with Gasteiger partial charge in [0, 0.05) is 12.1 Å². The van der Waals surface area contributed by atoms with Crippen LogP contribution in [-0.4, -0.2) is 30.5 Å². The van der Waals surface area contributed by atoms with Crippen molar-refractivity contribution in [1.29, 1.82) is 0 Å². The molecule has 2 aromatic carbocycles. The fraction of sp³-hybridized carbons (Fsp3) is 0.278. The van der Waals surface area contributed by atoms with Crippen LogP contribution < -0.4 is 0 Å². The van der Waals surface area contributed by atoms with E-state index in [0.717, 1.165) is 16.7 Å². The molecule has 1 saturated heterocycles. The summed E-state index contributed by atoms with van der Waals surface area (Å²) in [5.41, 5.74) is 2.65. The number of nitrogens with zero attached hydrogens (tertiary/aromatic N) is 1. The summed E-state index contributed by atoms with van der Waals surface area (Å²) in [6, 6.07) is 13.1. The van der Waals surface area contributed by atoms with Gasteiger partial charge in [-0.15, -0.1) is 0 Å². The minimum absolute atomic E-state index is 0.0384. The van der Waals surface area contributed by atoms with Crippen LogP contribution in [0.1, 0.15) is 27.6 Å². The van der Waals surface area contributed by atoms with Crippen LogP contribution in [0, 0.1) is 6.92 Å². The summed E-state index contributed by atoms with van der Waals surface area (Å²) in [6.07, 6.45) is -0.188. The average Bonchev–Trinajstić information content (AvgIpc) is 2.57. The van der Waals surface area contributed by atoms with E-state index in [1.807, 2.05) is 42.2 Å². The van der Waals surface area contributed by atoms with Crippen LogP contribution in [0.2, 0.25) is 10.0 Å². The molecular formula is C18H17Cl2NO2. The van der Waals surface area contributed by atoms with Gasteiger partial charge in [0.1, 0.15) is 6.10 Å². The van der Waals surface area contributed by atoms with E-state index in [2.05, 4.69) is 0 Å². The van der Waals surface area contributed by atoms with Crippen LogP contribution >= 0.6 is 23.2 Å². The molecule has 0 spiro atoms. The topological polar surface area (TPSA) is 29.5 Å². The van der Waals surface area contributed by atoms with Crippen molar-refractivity contribution in [2.75, 3.05) is 19.7 Å². The maximum absolute atomic E-state index is 12.7. The Labute approximate surface area is 145 Å². The zero-order valence-electron chi connectivity index (χ0n) is 12.8. The molecule has 0 aliphatic carbocycles. The summed E-state index contributed by atoms with van der Waals surface area (Å²) in [5, 5.41) is 1.01. The van der Waals surface area contributed by atoms with Gasteiger partial charge in [-0.25, -0.2) is 0 Å². The Kier molecular flexibility index (Phi) is 4.90. The first kappa shape index (κ1) is 16.3. The Morgan fingerprint density at radius 1 is 1.17 bits per heavy atom. The average molecular weight is 350 g/mol. The number of halogens is 2. The number of aryl methyl sites for hydroxylation is 1. The maximum atomic E-state index is 12.7. The first-order chi connectivity index (χ1) is 11.1. The van der Waals surface area contributed by atoms with E-state index in [0.29, 0.717) is 29.7 Å². The second kappa shape index (κ2) is 6.91. The van der Waals surface area contributed by atoms with Gasteiger partial charge < -0.3 is 9.64 Å².